The molecular formula is C7H12O3. The summed E-state index contributed by atoms with van der Waals surface area (Å²) in [7, 11) is 0. The molecular weight excluding hydrogens is 132 g/mol. The summed E-state index contributed by atoms with van der Waals surface area (Å²) in [5.41, 5.74) is 0. The third-order valence-electron chi connectivity index (χ3n) is 1.55. The van der Waals surface area contributed by atoms with Gasteiger partial charge in [-0.15, -0.1) is 0 Å². The minimum atomic E-state index is -0.977. The third-order valence-corrected chi connectivity index (χ3v) is 1.55. The molecule has 0 bridgehead atoms. The smallest absolute Gasteiger partial charge is 0.148 e. The van der Waals surface area contributed by atoms with Crippen molar-refractivity contribution in [1.29, 1.82) is 0 Å². The summed E-state index contributed by atoms with van der Waals surface area (Å²) in [6, 6.07) is 0. The molecule has 0 spiro atoms. The lowest BCUT2D eigenvalue weighted by molar-refractivity contribution is -0.118. The van der Waals surface area contributed by atoms with Gasteiger partial charge in [0.1, 0.15) is 18.7 Å². The summed E-state index contributed by atoms with van der Waals surface area (Å²) in [4.78, 5) is 20.0. The first-order chi connectivity index (χ1) is 4.76. The van der Waals surface area contributed by atoms with E-state index in [1.807, 2.05) is 6.92 Å². The SMILES string of the molecule is CCC(CC=O)C(O)C=O. The Morgan fingerprint density at radius 1 is 1.50 bits per heavy atom. The van der Waals surface area contributed by atoms with Crippen LogP contribution in [0.25, 0.3) is 0 Å². The molecule has 10 heavy (non-hydrogen) atoms. The van der Waals surface area contributed by atoms with Gasteiger partial charge < -0.3 is 14.7 Å². The summed E-state index contributed by atoms with van der Waals surface area (Å²) in [6.07, 6.45) is 1.13. The van der Waals surface area contributed by atoms with Crippen molar-refractivity contribution in [3.63, 3.8) is 0 Å². The first-order valence-electron chi connectivity index (χ1n) is 3.33. The Balaban J connectivity index is 3.78. The predicted octanol–water partition coefficient (Wildman–Crippen LogP) is 0.161. The lowest BCUT2D eigenvalue weighted by atomic mass is 9.97. The van der Waals surface area contributed by atoms with Crippen molar-refractivity contribution >= 4 is 12.6 Å². The molecule has 0 radical (unpaired) electrons. The first kappa shape index (κ1) is 9.30. The van der Waals surface area contributed by atoms with Gasteiger partial charge in [-0.2, -0.15) is 0 Å². The van der Waals surface area contributed by atoms with Gasteiger partial charge in [-0.25, -0.2) is 0 Å². The molecule has 0 aliphatic carbocycles. The van der Waals surface area contributed by atoms with Gasteiger partial charge in [0.05, 0.1) is 0 Å². The maximum Gasteiger partial charge on any atom is 0.148 e. The van der Waals surface area contributed by atoms with Crippen LogP contribution < -0.4 is 0 Å². The van der Waals surface area contributed by atoms with Crippen LogP contribution in [0.3, 0.4) is 0 Å². The average molecular weight is 144 g/mol. The Labute approximate surface area is 60.0 Å². The molecule has 0 aromatic carbocycles. The Kier molecular flexibility index (Phi) is 4.76. The van der Waals surface area contributed by atoms with Crippen molar-refractivity contribution in [1.82, 2.24) is 0 Å². The van der Waals surface area contributed by atoms with Crippen LogP contribution in [0.1, 0.15) is 19.8 Å². The quantitative estimate of drug-likeness (QED) is 0.559. The van der Waals surface area contributed by atoms with Crippen LogP contribution in [0, 0.1) is 5.92 Å². The van der Waals surface area contributed by atoms with Crippen LogP contribution in [-0.2, 0) is 9.59 Å². The van der Waals surface area contributed by atoms with Crippen LogP contribution in [0.15, 0.2) is 0 Å². The van der Waals surface area contributed by atoms with Crippen LogP contribution in [0.2, 0.25) is 0 Å². The second kappa shape index (κ2) is 5.11. The maximum atomic E-state index is 10.0. The molecule has 0 fully saturated rings. The zero-order valence-corrected chi connectivity index (χ0v) is 5.99. The zero-order chi connectivity index (χ0) is 7.98. The number of aliphatic hydroxyl groups excluding tert-OH is 1. The molecule has 1 N–H and O–H groups in total. The molecule has 0 aliphatic rings. The van der Waals surface area contributed by atoms with Crippen molar-refractivity contribution in [2.75, 3.05) is 0 Å². The van der Waals surface area contributed by atoms with Crippen LogP contribution in [0.5, 0.6) is 0 Å². The minimum Gasteiger partial charge on any atom is -0.385 e. The number of aldehydes is 2. The van der Waals surface area contributed by atoms with Crippen molar-refractivity contribution in [3.05, 3.63) is 0 Å². The summed E-state index contributed by atoms with van der Waals surface area (Å²) >= 11 is 0. The largest absolute Gasteiger partial charge is 0.385 e. The molecule has 0 heterocycles. The predicted molar refractivity (Wildman–Crippen MR) is 36.5 cm³/mol. The second-order valence-electron chi connectivity index (χ2n) is 2.20. The summed E-state index contributed by atoms with van der Waals surface area (Å²) in [6.45, 7) is 1.83. The van der Waals surface area contributed by atoms with E-state index in [2.05, 4.69) is 0 Å². The second-order valence-corrected chi connectivity index (χ2v) is 2.20. The molecule has 2 unspecified atom stereocenters. The van der Waals surface area contributed by atoms with E-state index in [1.54, 1.807) is 0 Å². The summed E-state index contributed by atoms with van der Waals surface area (Å²) < 4.78 is 0. The molecule has 0 aromatic heterocycles. The molecule has 2 atom stereocenters. The number of carbonyl (C=O) groups excluding carboxylic acids is 2. The third kappa shape index (κ3) is 2.73. The van der Waals surface area contributed by atoms with Crippen molar-refractivity contribution in [2.45, 2.75) is 25.9 Å². The minimum absolute atomic E-state index is 0.199. The first-order valence-corrected chi connectivity index (χ1v) is 3.33. The molecule has 58 valence electrons. The maximum absolute atomic E-state index is 10.0. The van der Waals surface area contributed by atoms with Gasteiger partial charge in [0.15, 0.2) is 0 Å². The van der Waals surface area contributed by atoms with Gasteiger partial charge >= 0.3 is 0 Å². The fourth-order valence-electron chi connectivity index (χ4n) is 0.782. The highest BCUT2D eigenvalue weighted by Crippen LogP contribution is 2.09. The number of rotatable bonds is 5. The van der Waals surface area contributed by atoms with Crippen LogP contribution in [0.4, 0.5) is 0 Å². The van der Waals surface area contributed by atoms with Gasteiger partial charge in [0.2, 0.25) is 0 Å². The number of carbonyl (C=O) groups is 2. The Morgan fingerprint density at radius 2 is 2.10 bits per heavy atom. The molecule has 3 nitrogen and oxygen atoms in total. The molecule has 0 amide bonds. The lowest BCUT2D eigenvalue weighted by Gasteiger charge is -2.12. The van der Waals surface area contributed by atoms with Gasteiger partial charge in [-0.3, -0.25) is 0 Å². The lowest BCUT2D eigenvalue weighted by Crippen LogP contribution is -2.21. The fourth-order valence-corrected chi connectivity index (χ4v) is 0.782. The van der Waals surface area contributed by atoms with Gasteiger partial charge in [-0.05, 0) is 12.3 Å². The van der Waals surface area contributed by atoms with Crippen molar-refractivity contribution < 1.29 is 14.7 Å². The van der Waals surface area contributed by atoms with E-state index >= 15 is 0 Å². The molecule has 0 aromatic rings. The van der Waals surface area contributed by atoms with Crippen molar-refractivity contribution in [2.24, 2.45) is 5.92 Å². The van der Waals surface area contributed by atoms with E-state index in [0.717, 1.165) is 6.29 Å². The fraction of sp³-hybridized carbons (Fsp3) is 0.714. The highest BCUT2D eigenvalue weighted by molar-refractivity contribution is 5.58. The Morgan fingerprint density at radius 3 is 2.40 bits per heavy atom. The Hall–Kier alpha value is -0.700. The standard InChI is InChI=1S/C7H12O3/c1-2-6(3-4-8)7(10)5-9/h4-7,10H,2-3H2,1H3. The monoisotopic (exact) mass is 144 g/mol. The van der Waals surface area contributed by atoms with E-state index in [-0.39, 0.29) is 12.3 Å². The summed E-state index contributed by atoms with van der Waals surface area (Å²) in [5.74, 6) is -0.199. The average Bonchev–Trinajstić information content (AvgIpc) is 1.99. The van der Waals surface area contributed by atoms with Crippen LogP contribution >= 0.6 is 0 Å². The summed E-state index contributed by atoms with van der Waals surface area (Å²) in [5, 5.41) is 8.92. The van der Waals surface area contributed by atoms with Crippen LogP contribution in [-0.4, -0.2) is 23.8 Å². The highest BCUT2D eigenvalue weighted by Gasteiger charge is 2.14. The number of hydrogen-bond acceptors (Lipinski definition) is 3. The molecule has 0 rings (SSSR count). The van der Waals surface area contributed by atoms with Crippen molar-refractivity contribution in [3.8, 4) is 0 Å². The van der Waals surface area contributed by atoms with E-state index in [0.29, 0.717) is 12.7 Å². The van der Waals surface area contributed by atoms with E-state index < -0.39 is 6.10 Å². The number of aliphatic hydroxyl groups is 1. The van der Waals surface area contributed by atoms with E-state index in [9.17, 15) is 9.59 Å². The number of hydrogen-bond donors (Lipinski definition) is 1. The molecule has 0 aliphatic heterocycles. The molecule has 0 saturated heterocycles. The topological polar surface area (TPSA) is 54.4 Å². The molecule has 0 saturated carbocycles. The normalized spacial score (nSPS) is 15.8. The Bertz CT molecular complexity index is 111. The van der Waals surface area contributed by atoms with E-state index in [4.69, 9.17) is 5.11 Å². The van der Waals surface area contributed by atoms with Gasteiger partial charge in [0.25, 0.3) is 0 Å². The molecule has 3 heteroatoms. The highest BCUT2D eigenvalue weighted by atomic mass is 16.3. The van der Waals surface area contributed by atoms with E-state index in [1.165, 1.54) is 0 Å². The van der Waals surface area contributed by atoms with Gasteiger partial charge in [-0.1, -0.05) is 6.92 Å². The zero-order valence-electron chi connectivity index (χ0n) is 5.99. The van der Waals surface area contributed by atoms with Gasteiger partial charge in [0, 0.05) is 6.42 Å².